The van der Waals surface area contributed by atoms with Gasteiger partial charge in [0.1, 0.15) is 5.75 Å². The number of hydrogen-bond acceptors (Lipinski definition) is 8. The minimum Gasteiger partial charge on any atom is -0.493 e. The molecular formula is C25H21N3O6. The maximum Gasteiger partial charge on any atom is 0.343 e. The number of nitrogens with zero attached hydrogens (tertiary/aromatic N) is 2. The number of esters is 1. The van der Waals surface area contributed by atoms with Gasteiger partial charge in [-0.25, -0.2) is 4.79 Å². The molecule has 3 aromatic rings. The summed E-state index contributed by atoms with van der Waals surface area (Å²) in [4.78, 5) is 24.7. The highest BCUT2D eigenvalue weighted by molar-refractivity contribution is 6.53. The summed E-state index contributed by atoms with van der Waals surface area (Å²) in [6.07, 6.45) is 1.51. The van der Waals surface area contributed by atoms with Gasteiger partial charge < -0.3 is 24.3 Å². The average Bonchev–Trinajstić information content (AvgIpc) is 3.18. The topological polar surface area (TPSA) is 108 Å². The second-order valence-electron chi connectivity index (χ2n) is 7.07. The van der Waals surface area contributed by atoms with Crippen molar-refractivity contribution < 1.29 is 28.5 Å². The number of nitrogens with one attached hydrogen (secondary N) is 1. The molecule has 0 spiro atoms. The van der Waals surface area contributed by atoms with Gasteiger partial charge in [0, 0.05) is 5.56 Å². The van der Waals surface area contributed by atoms with Gasteiger partial charge in [0.25, 0.3) is 5.91 Å². The van der Waals surface area contributed by atoms with E-state index in [1.54, 1.807) is 36.4 Å². The molecule has 1 amide bonds. The maximum atomic E-state index is 12.6. The van der Waals surface area contributed by atoms with Crippen LogP contribution in [0.1, 0.15) is 21.5 Å². The van der Waals surface area contributed by atoms with E-state index in [-0.39, 0.29) is 17.2 Å². The highest BCUT2D eigenvalue weighted by atomic mass is 16.5. The summed E-state index contributed by atoms with van der Waals surface area (Å²) in [5, 5.41) is 10.8. The minimum absolute atomic E-state index is 0.242. The molecule has 0 atom stereocenters. The summed E-state index contributed by atoms with van der Waals surface area (Å²) in [7, 11) is 4.42. The number of methoxy groups -OCH3 is 3. The van der Waals surface area contributed by atoms with Crippen molar-refractivity contribution in [1.82, 2.24) is 0 Å². The highest BCUT2D eigenvalue weighted by Crippen LogP contribution is 2.38. The number of ether oxygens (including phenoxy) is 4. The summed E-state index contributed by atoms with van der Waals surface area (Å²) in [5.41, 5.74) is 2.62. The van der Waals surface area contributed by atoms with E-state index in [0.29, 0.717) is 39.8 Å². The Kier molecular flexibility index (Phi) is 6.54. The van der Waals surface area contributed by atoms with Crippen molar-refractivity contribution in [2.45, 2.75) is 0 Å². The van der Waals surface area contributed by atoms with Gasteiger partial charge in [0.05, 0.1) is 38.8 Å². The molecule has 0 fully saturated rings. The third-order valence-electron chi connectivity index (χ3n) is 5.00. The number of carbonyl (C=O) groups excluding carboxylic acids is 2. The molecule has 0 radical (unpaired) electrons. The molecule has 0 unspecified atom stereocenters. The third kappa shape index (κ3) is 4.58. The first-order valence-electron chi connectivity index (χ1n) is 10.2. The quantitative estimate of drug-likeness (QED) is 0.250. The van der Waals surface area contributed by atoms with Crippen LogP contribution in [0.15, 0.2) is 70.9 Å². The van der Waals surface area contributed by atoms with E-state index >= 15 is 0 Å². The maximum absolute atomic E-state index is 12.6. The Bertz CT molecular complexity index is 1270. The van der Waals surface area contributed by atoms with Crippen LogP contribution in [0.2, 0.25) is 0 Å². The fraction of sp³-hybridized carbons (Fsp3) is 0.120. The number of rotatable bonds is 7. The number of fused-ring (bicyclic) bond motifs is 1. The molecule has 1 N–H and O–H groups in total. The second-order valence-corrected chi connectivity index (χ2v) is 7.07. The van der Waals surface area contributed by atoms with Crippen LogP contribution in [-0.4, -0.2) is 45.1 Å². The van der Waals surface area contributed by atoms with Gasteiger partial charge >= 0.3 is 5.97 Å². The van der Waals surface area contributed by atoms with E-state index in [4.69, 9.17) is 18.9 Å². The van der Waals surface area contributed by atoms with E-state index in [2.05, 4.69) is 15.5 Å². The van der Waals surface area contributed by atoms with Gasteiger partial charge in [-0.05, 0) is 48.0 Å². The fourth-order valence-corrected chi connectivity index (χ4v) is 3.34. The Hall–Kier alpha value is -4.66. The normalized spacial score (nSPS) is 13.5. The number of anilines is 1. The number of para-hydroxylation sites is 1. The Morgan fingerprint density at radius 1 is 0.912 bits per heavy atom. The van der Waals surface area contributed by atoms with Crippen molar-refractivity contribution in [2.24, 2.45) is 10.2 Å². The van der Waals surface area contributed by atoms with Gasteiger partial charge in [0.2, 0.25) is 5.75 Å². The second kappa shape index (κ2) is 9.86. The smallest absolute Gasteiger partial charge is 0.343 e. The van der Waals surface area contributed by atoms with Gasteiger partial charge in [-0.1, -0.05) is 18.2 Å². The van der Waals surface area contributed by atoms with Crippen LogP contribution in [0, 0.1) is 0 Å². The lowest BCUT2D eigenvalue weighted by molar-refractivity contribution is -0.110. The Morgan fingerprint density at radius 3 is 2.24 bits per heavy atom. The molecular weight excluding hydrogens is 438 g/mol. The van der Waals surface area contributed by atoms with E-state index in [0.717, 1.165) is 0 Å². The van der Waals surface area contributed by atoms with Crippen LogP contribution >= 0.6 is 0 Å². The van der Waals surface area contributed by atoms with E-state index in [9.17, 15) is 9.59 Å². The zero-order valence-corrected chi connectivity index (χ0v) is 18.7. The predicted octanol–water partition coefficient (Wildman–Crippen LogP) is 3.71. The minimum atomic E-state index is -0.585. The van der Waals surface area contributed by atoms with Crippen LogP contribution < -0.4 is 24.3 Å². The van der Waals surface area contributed by atoms with Crippen LogP contribution in [0.5, 0.6) is 23.0 Å². The summed E-state index contributed by atoms with van der Waals surface area (Å²) in [6.45, 7) is 0. The Labute approximate surface area is 195 Å². The van der Waals surface area contributed by atoms with Crippen LogP contribution in [0.3, 0.4) is 0 Å². The van der Waals surface area contributed by atoms with Gasteiger partial charge in [0.15, 0.2) is 17.2 Å². The summed E-state index contributed by atoms with van der Waals surface area (Å²) < 4.78 is 21.3. The molecule has 172 valence electrons. The largest absolute Gasteiger partial charge is 0.493 e. The number of hydrogen-bond donors (Lipinski definition) is 1. The molecule has 4 rings (SSSR count). The molecule has 0 bridgehead atoms. The summed E-state index contributed by atoms with van der Waals surface area (Å²) in [6, 6.07) is 17.0. The van der Waals surface area contributed by atoms with Gasteiger partial charge in [-0.2, -0.15) is 5.10 Å². The standard InChI is InChI=1S/C25H21N3O6/c1-31-20-12-16(13-21(32-2)23(20)33-3)25(30)34-17-10-8-15(9-11-17)14-26-28-22-18-6-4-5-7-19(18)27-24(22)29/h4-14H,1-3H3,(H,27,28,29)/b26-14-. The molecule has 1 aliphatic heterocycles. The number of carbonyl (C=O) groups is 2. The SMILES string of the molecule is COc1cc(C(=O)Oc2ccc(/C=N\N=C3/C(=O)Nc4ccccc43)cc2)cc(OC)c1OC. The number of amides is 1. The first-order chi connectivity index (χ1) is 16.5. The van der Waals surface area contributed by atoms with Crippen molar-refractivity contribution in [3.63, 3.8) is 0 Å². The van der Waals surface area contributed by atoms with Crippen molar-refractivity contribution >= 4 is 29.5 Å². The molecule has 9 nitrogen and oxygen atoms in total. The van der Waals surface area contributed by atoms with Gasteiger partial charge in [-0.3, -0.25) is 4.79 Å². The molecule has 0 aromatic heterocycles. The van der Waals surface area contributed by atoms with Crippen molar-refractivity contribution in [2.75, 3.05) is 26.6 Å². The van der Waals surface area contributed by atoms with Crippen LogP contribution in [0.4, 0.5) is 5.69 Å². The zero-order valence-electron chi connectivity index (χ0n) is 18.7. The van der Waals surface area contributed by atoms with Crippen molar-refractivity contribution in [3.8, 4) is 23.0 Å². The highest BCUT2D eigenvalue weighted by Gasteiger charge is 2.25. The third-order valence-corrected chi connectivity index (χ3v) is 5.00. The first kappa shape index (κ1) is 22.5. The molecule has 0 saturated heterocycles. The predicted molar refractivity (Wildman–Crippen MR) is 127 cm³/mol. The molecule has 1 heterocycles. The summed E-state index contributed by atoms with van der Waals surface area (Å²) in [5.74, 6) is 0.533. The first-order valence-corrected chi connectivity index (χ1v) is 10.2. The van der Waals surface area contributed by atoms with E-state index in [1.807, 2.05) is 12.1 Å². The zero-order chi connectivity index (χ0) is 24.1. The molecule has 0 aliphatic carbocycles. The molecule has 9 heteroatoms. The molecule has 1 aliphatic rings. The Morgan fingerprint density at radius 2 is 1.59 bits per heavy atom. The lowest BCUT2D eigenvalue weighted by Gasteiger charge is -2.13. The molecule has 0 saturated carbocycles. The fourth-order valence-electron chi connectivity index (χ4n) is 3.34. The number of benzene rings is 3. The lowest BCUT2D eigenvalue weighted by atomic mass is 10.1. The average molecular weight is 459 g/mol. The van der Waals surface area contributed by atoms with Crippen LogP contribution in [-0.2, 0) is 4.79 Å². The summed E-state index contributed by atoms with van der Waals surface area (Å²) >= 11 is 0. The van der Waals surface area contributed by atoms with E-state index in [1.165, 1.54) is 39.7 Å². The molecule has 3 aromatic carbocycles. The van der Waals surface area contributed by atoms with Crippen molar-refractivity contribution in [3.05, 3.63) is 77.4 Å². The van der Waals surface area contributed by atoms with Crippen LogP contribution in [0.25, 0.3) is 0 Å². The van der Waals surface area contributed by atoms with E-state index < -0.39 is 5.97 Å². The molecule has 34 heavy (non-hydrogen) atoms. The van der Waals surface area contributed by atoms with Crippen molar-refractivity contribution in [1.29, 1.82) is 0 Å². The van der Waals surface area contributed by atoms with Gasteiger partial charge in [-0.15, -0.1) is 5.10 Å². The monoisotopic (exact) mass is 459 g/mol. The lowest BCUT2D eigenvalue weighted by Crippen LogP contribution is -2.13. The Balaban J connectivity index is 1.45.